The van der Waals surface area contributed by atoms with Crippen LogP contribution in [0.25, 0.3) is 5.41 Å². The fourth-order valence-electron chi connectivity index (χ4n) is 2.95. The smallest absolute Gasteiger partial charge is 0.337 e. The molecule has 3 N–H and O–H groups in total. The van der Waals surface area contributed by atoms with Gasteiger partial charge in [-0.25, -0.2) is 4.79 Å². The van der Waals surface area contributed by atoms with Gasteiger partial charge in [0.1, 0.15) is 11.6 Å². The largest absolute Gasteiger partial charge is 0.763 e. The molecule has 2 aliphatic heterocycles. The van der Waals surface area contributed by atoms with Gasteiger partial charge in [0, 0.05) is 11.3 Å². The number of carbonyl (C=O) groups is 1. The molecule has 0 spiro atoms. The maximum absolute atomic E-state index is 12.4. The van der Waals surface area contributed by atoms with Crippen LogP contribution in [-0.4, -0.2) is 49.7 Å². The number of carbonyl (C=O) groups excluding carboxylic acids is 1. The maximum atomic E-state index is 12.4. The van der Waals surface area contributed by atoms with Crippen LogP contribution in [0.15, 0.2) is 59.8 Å². The summed E-state index contributed by atoms with van der Waals surface area (Å²) in [6, 6.07) is 9.32. The van der Waals surface area contributed by atoms with Crippen molar-refractivity contribution in [3.05, 3.63) is 70.8 Å². The number of rotatable bonds is 4. The molecule has 6 nitrogen and oxygen atoms in total. The molecule has 2 aliphatic rings. The normalized spacial score (nSPS) is 19.0. The molecule has 0 radical (unpaired) electrons. The molecule has 3 rings (SSSR count). The van der Waals surface area contributed by atoms with Gasteiger partial charge in [-0.3, -0.25) is 5.87 Å². The Morgan fingerprint density at radius 2 is 2.11 bits per heavy atom. The van der Waals surface area contributed by atoms with E-state index in [2.05, 4.69) is 23.1 Å². The number of nitrogens with two attached hydrogens (primary N) is 1. The molecule has 7 heteroatoms. The van der Waals surface area contributed by atoms with Crippen molar-refractivity contribution in [1.82, 2.24) is 5.32 Å². The molecule has 2 heterocycles. The van der Waals surface area contributed by atoms with Gasteiger partial charge >= 0.3 is 5.97 Å². The minimum absolute atomic E-state index is 0.115. The van der Waals surface area contributed by atoms with Gasteiger partial charge in [-0.1, -0.05) is 55.2 Å². The van der Waals surface area contributed by atoms with Crippen LogP contribution < -0.4 is 10.6 Å². The maximum Gasteiger partial charge on any atom is 0.337 e. The summed E-state index contributed by atoms with van der Waals surface area (Å²) < 4.78 is 10.2. The van der Waals surface area contributed by atoms with Crippen LogP contribution >= 0.6 is 12.2 Å². The first-order valence-electron chi connectivity index (χ1n) is 9.11. The van der Waals surface area contributed by atoms with Gasteiger partial charge < -0.3 is 25.5 Å². The van der Waals surface area contributed by atoms with E-state index in [4.69, 9.17) is 21.7 Å². The lowest BCUT2D eigenvalue weighted by molar-refractivity contribution is -0.670. The Bertz CT molecular complexity index is 783. The lowest BCUT2D eigenvalue weighted by Gasteiger charge is -2.30. The second kappa shape index (κ2) is 11.3. The van der Waals surface area contributed by atoms with Crippen molar-refractivity contribution in [2.24, 2.45) is 0 Å². The highest BCUT2D eigenvalue weighted by atomic mass is 32.1. The number of hydrogen-bond donors (Lipinski definition) is 2. The summed E-state index contributed by atoms with van der Waals surface area (Å²) in [5, 5.41) is 14.6. The number of quaternary nitrogens is 1. The zero-order valence-corrected chi connectivity index (χ0v) is 16.8. The molecule has 0 saturated carbocycles. The monoisotopic (exact) mass is 399 g/mol. The Hall–Kier alpha value is -2.57. The number of hydrogen-bond acceptors (Lipinski definition) is 4. The van der Waals surface area contributed by atoms with Crippen LogP contribution in [0.3, 0.4) is 0 Å². The summed E-state index contributed by atoms with van der Waals surface area (Å²) in [5.74, 6) is 1.12. The molecule has 1 saturated heterocycles. The predicted octanol–water partition coefficient (Wildman–Crippen LogP) is 1.45. The second-order valence-electron chi connectivity index (χ2n) is 6.23. The number of allylic oxidation sites excluding steroid dienone is 1. The molecule has 1 atom stereocenters. The first kappa shape index (κ1) is 21.7. The molecule has 148 valence electrons. The summed E-state index contributed by atoms with van der Waals surface area (Å²) in [6.07, 6.45) is 1.50. The van der Waals surface area contributed by atoms with Crippen LogP contribution in [0.4, 0.5) is 0 Å². The van der Waals surface area contributed by atoms with Gasteiger partial charge in [-0.2, -0.15) is 0 Å². The lowest BCUT2D eigenvalue weighted by Crippen LogP contribution is -2.87. The summed E-state index contributed by atoms with van der Waals surface area (Å²) >= 11 is 5.23. The van der Waals surface area contributed by atoms with Gasteiger partial charge in [0.25, 0.3) is 0 Å². The highest BCUT2D eigenvalue weighted by Crippen LogP contribution is 2.36. The number of esters is 1. The van der Waals surface area contributed by atoms with Gasteiger partial charge in [0.15, 0.2) is 0 Å². The molecule has 0 bridgehead atoms. The Morgan fingerprint density at radius 1 is 1.43 bits per heavy atom. The van der Waals surface area contributed by atoms with Crippen molar-refractivity contribution < 1.29 is 19.6 Å². The number of benzene rings is 1. The van der Waals surface area contributed by atoms with Crippen molar-refractivity contribution in [2.75, 3.05) is 32.9 Å². The van der Waals surface area contributed by atoms with Crippen molar-refractivity contribution in [2.45, 2.75) is 12.8 Å². The van der Waals surface area contributed by atoms with Crippen LogP contribution in [0.2, 0.25) is 0 Å². The average Bonchev–Trinajstić information content (AvgIpc) is 2.74. The van der Waals surface area contributed by atoms with Gasteiger partial charge in [0.05, 0.1) is 37.8 Å². The van der Waals surface area contributed by atoms with Gasteiger partial charge in [-0.05, 0) is 12.5 Å². The minimum Gasteiger partial charge on any atom is -0.763 e. The van der Waals surface area contributed by atoms with Gasteiger partial charge in [0.2, 0.25) is 0 Å². The fraction of sp³-hybridized carbons (Fsp3) is 0.333. The summed E-state index contributed by atoms with van der Waals surface area (Å²) in [5.41, 5.74) is 2.18. The standard InChI is InChI=1S/C17H15N2O2S.C4H9NO/c1-3-9-21-17(20)14-11(2)19-16(22)13(10-18)15(14)12-7-5-4-6-8-12;1-3-6-4-2-5-1/h3-8,15H,1,9H2,2H3,(H,19,22);5H,1-4H2/q-1;/p+1. The Labute approximate surface area is 170 Å². The minimum atomic E-state index is -0.516. The highest BCUT2D eigenvalue weighted by molar-refractivity contribution is 7.80. The van der Waals surface area contributed by atoms with E-state index in [0.29, 0.717) is 21.8 Å². The number of ether oxygens (including phenoxy) is 2. The first-order chi connectivity index (χ1) is 13.6. The molecular formula is C21H25N3O3S. The fourth-order valence-corrected chi connectivity index (χ4v) is 3.27. The van der Waals surface area contributed by atoms with E-state index in [1.807, 2.05) is 30.3 Å². The first-order valence-corrected chi connectivity index (χ1v) is 9.52. The molecule has 1 aromatic rings. The van der Waals surface area contributed by atoms with Crippen molar-refractivity contribution in [3.63, 3.8) is 0 Å². The van der Waals surface area contributed by atoms with Crippen LogP contribution in [0.1, 0.15) is 18.4 Å². The number of thiocarbonyl (C=S) groups is 1. The molecule has 1 fully saturated rings. The van der Waals surface area contributed by atoms with E-state index in [-0.39, 0.29) is 6.61 Å². The zero-order chi connectivity index (χ0) is 20.4. The van der Waals surface area contributed by atoms with Crippen LogP contribution in [-0.2, 0) is 14.3 Å². The molecule has 0 aromatic heterocycles. The SMILES string of the molecule is C1COCC[NH2+]1.C=CCOC(=O)C1=C(C)NC(=S)C(=C=[N-])C1c1ccccc1. The zero-order valence-electron chi connectivity index (χ0n) is 15.9. The van der Waals surface area contributed by atoms with E-state index in [0.717, 1.165) is 31.9 Å². The van der Waals surface area contributed by atoms with E-state index in [9.17, 15) is 10.2 Å². The molecule has 0 aliphatic carbocycles. The van der Waals surface area contributed by atoms with E-state index < -0.39 is 11.9 Å². The van der Waals surface area contributed by atoms with Crippen molar-refractivity contribution >= 4 is 29.0 Å². The Morgan fingerprint density at radius 3 is 2.61 bits per heavy atom. The quantitative estimate of drug-likeness (QED) is 0.263. The van der Waals surface area contributed by atoms with Crippen LogP contribution in [0, 0.1) is 0 Å². The number of morpholine rings is 1. The highest BCUT2D eigenvalue weighted by Gasteiger charge is 2.34. The van der Waals surface area contributed by atoms with Gasteiger partial charge in [-0.15, -0.1) is 0 Å². The summed E-state index contributed by atoms with van der Waals surface area (Å²) in [4.78, 5) is 12.7. The third-order valence-electron chi connectivity index (χ3n) is 4.27. The van der Waals surface area contributed by atoms with Crippen LogP contribution in [0.5, 0.6) is 0 Å². The second-order valence-corrected chi connectivity index (χ2v) is 6.64. The van der Waals surface area contributed by atoms with E-state index in [1.165, 1.54) is 6.08 Å². The van der Waals surface area contributed by atoms with Crippen molar-refractivity contribution in [1.29, 1.82) is 0 Å². The topological polar surface area (TPSA) is 86.5 Å². The lowest BCUT2D eigenvalue weighted by atomic mass is 9.81. The van der Waals surface area contributed by atoms with E-state index >= 15 is 0 Å². The summed E-state index contributed by atoms with van der Waals surface area (Å²) in [6.45, 7) is 9.59. The number of nitrogens with one attached hydrogen (secondary N) is 1. The molecular weight excluding hydrogens is 374 g/mol. The number of nitrogens with zero attached hydrogens (tertiary/aromatic N) is 1. The Balaban J connectivity index is 0.000000397. The Kier molecular flexibility index (Phi) is 8.78. The third kappa shape index (κ3) is 5.71. The third-order valence-corrected chi connectivity index (χ3v) is 4.59. The van der Waals surface area contributed by atoms with Crippen molar-refractivity contribution in [3.8, 4) is 0 Å². The summed E-state index contributed by atoms with van der Waals surface area (Å²) in [7, 11) is 0. The molecule has 1 unspecified atom stereocenters. The average molecular weight is 400 g/mol. The molecule has 1 aromatic carbocycles. The molecule has 28 heavy (non-hydrogen) atoms. The predicted molar refractivity (Wildman–Crippen MR) is 113 cm³/mol. The van der Waals surface area contributed by atoms with E-state index in [1.54, 1.807) is 6.92 Å². The molecule has 0 amide bonds.